The zero-order chi connectivity index (χ0) is 49.7. The molecule has 0 radical (unpaired) electrons. The number of ether oxygens (including phenoxy) is 4. The van der Waals surface area contributed by atoms with Crippen molar-refractivity contribution in [2.24, 2.45) is 34.2 Å². The van der Waals surface area contributed by atoms with E-state index in [1.165, 1.54) is 6.42 Å². The molecule has 3 aromatic rings. The van der Waals surface area contributed by atoms with E-state index in [4.69, 9.17) is 29.3 Å². The third-order valence-electron chi connectivity index (χ3n) is 14.6. The maximum absolute atomic E-state index is 14.4. The van der Waals surface area contributed by atoms with Gasteiger partial charge in [0, 0.05) is 79.0 Å². The number of azide groups is 1. The minimum atomic E-state index is -0.926. The molecule has 3 saturated carbocycles. The number of hydroxylamine groups is 2. The van der Waals surface area contributed by atoms with Crippen LogP contribution in [0.5, 0.6) is 5.75 Å². The molecule has 378 valence electrons. The van der Waals surface area contributed by atoms with Crippen LogP contribution in [-0.2, 0) is 36.8 Å². The van der Waals surface area contributed by atoms with Crippen molar-refractivity contribution in [3.8, 4) is 16.9 Å². The molecule has 1 saturated heterocycles. The molecule has 69 heavy (non-hydrogen) atoms. The fourth-order valence-electron chi connectivity index (χ4n) is 10.7. The Morgan fingerprint density at radius 1 is 0.986 bits per heavy atom. The van der Waals surface area contributed by atoms with Crippen molar-refractivity contribution >= 4 is 17.5 Å². The number of para-hydroxylation sites is 1. The molecule has 1 unspecified atom stereocenters. The van der Waals surface area contributed by atoms with Crippen molar-refractivity contribution in [3.05, 3.63) is 93.9 Å². The van der Waals surface area contributed by atoms with Crippen molar-refractivity contribution in [1.29, 1.82) is 0 Å². The Labute approximate surface area is 408 Å². The number of aliphatic hydroxyl groups excluding tert-OH is 2. The predicted octanol–water partition coefficient (Wildman–Crippen LogP) is 5.72. The largest absolute Gasteiger partial charge is 0.496 e. The van der Waals surface area contributed by atoms with Crippen molar-refractivity contribution in [2.45, 2.75) is 83.8 Å². The predicted molar refractivity (Wildman–Crippen MR) is 266 cm³/mol. The summed E-state index contributed by atoms with van der Waals surface area (Å²) in [5.41, 5.74) is 13.3. The highest BCUT2D eigenvalue weighted by atomic mass is 16.7. The smallest absolute Gasteiger partial charge is 0.251 e. The van der Waals surface area contributed by atoms with Gasteiger partial charge in [-0.1, -0.05) is 74.4 Å². The number of benzene rings is 3. The van der Waals surface area contributed by atoms with Crippen LogP contribution < -0.4 is 20.3 Å². The minimum Gasteiger partial charge on any atom is -0.496 e. The monoisotopic (exact) mass is 957 g/mol. The number of rotatable bonds is 27. The molecule has 3 aromatic carbocycles. The van der Waals surface area contributed by atoms with Crippen LogP contribution >= 0.6 is 0 Å². The summed E-state index contributed by atoms with van der Waals surface area (Å²) < 4.78 is 22.9. The summed E-state index contributed by atoms with van der Waals surface area (Å²) in [5.74, 6) is 0.846. The van der Waals surface area contributed by atoms with Gasteiger partial charge in [0.1, 0.15) is 17.9 Å². The molecule has 1 heterocycles. The molecule has 9 atom stereocenters. The second kappa shape index (κ2) is 25.3. The molecule has 3 aliphatic carbocycles. The zero-order valence-corrected chi connectivity index (χ0v) is 41.9. The molecule has 1 aliphatic heterocycles. The lowest BCUT2D eigenvalue weighted by atomic mass is 9.45. The Balaban J connectivity index is 1.16. The van der Waals surface area contributed by atoms with Gasteiger partial charge in [-0.2, -0.15) is 5.06 Å². The van der Waals surface area contributed by atoms with E-state index < -0.39 is 24.2 Å². The van der Waals surface area contributed by atoms with Crippen LogP contribution in [0, 0.1) is 29.1 Å². The SMILES string of the molecule is COc1c(CN2O[C@@H](CO)[C@@H]([C@H](C)O)[C@H]2C(=O)NC2C[C@@H]3C[C@H]([C@@H]2C)C3(C)C)cccc1-c1cc(C(=O)N[C@H](Cc2ccccc2)CN(C)CCOCCOCCOCCN=[N+]=[N-])cc(N(C)C)c1. The van der Waals surface area contributed by atoms with E-state index in [0.717, 1.165) is 34.4 Å². The number of nitrogens with one attached hydrogen (secondary N) is 2. The molecule has 0 spiro atoms. The molecule has 4 N–H and O–H groups in total. The molecule has 2 bridgehead atoms. The number of likely N-dealkylation sites (N-methyl/N-ethyl adjacent to an activating group) is 1. The van der Waals surface area contributed by atoms with Crippen molar-refractivity contribution < 1.29 is 43.6 Å². The first-order valence-corrected chi connectivity index (χ1v) is 24.5. The minimum absolute atomic E-state index is 0.0138. The fraction of sp³-hybridized carbons (Fsp3) is 0.615. The van der Waals surface area contributed by atoms with Crippen LogP contribution in [0.1, 0.15) is 62.0 Å². The maximum Gasteiger partial charge on any atom is 0.251 e. The van der Waals surface area contributed by atoms with Gasteiger partial charge in [-0.15, -0.1) is 0 Å². The number of amides is 2. The second-order valence-electron chi connectivity index (χ2n) is 19.8. The van der Waals surface area contributed by atoms with Gasteiger partial charge in [-0.05, 0) is 91.3 Å². The number of carbonyl (C=O) groups is 2. The summed E-state index contributed by atoms with van der Waals surface area (Å²) in [6.45, 7) is 12.4. The number of aliphatic hydroxyl groups is 2. The van der Waals surface area contributed by atoms with Gasteiger partial charge in [-0.25, -0.2) is 0 Å². The van der Waals surface area contributed by atoms with Gasteiger partial charge < -0.3 is 49.6 Å². The van der Waals surface area contributed by atoms with Gasteiger partial charge in [0.2, 0.25) is 5.91 Å². The van der Waals surface area contributed by atoms with Gasteiger partial charge in [0.25, 0.3) is 5.91 Å². The molecule has 0 aromatic heterocycles. The molecule has 4 fully saturated rings. The van der Waals surface area contributed by atoms with E-state index in [1.54, 1.807) is 19.1 Å². The van der Waals surface area contributed by atoms with Gasteiger partial charge in [0.15, 0.2) is 0 Å². The molecule has 7 rings (SSSR count). The fourth-order valence-corrected chi connectivity index (χ4v) is 10.7. The van der Waals surface area contributed by atoms with Crippen molar-refractivity contribution in [2.75, 3.05) is 99.0 Å². The Morgan fingerprint density at radius 3 is 2.33 bits per heavy atom. The number of hydrogen-bond acceptors (Lipinski definition) is 13. The van der Waals surface area contributed by atoms with Crippen molar-refractivity contribution in [3.63, 3.8) is 0 Å². The van der Waals surface area contributed by atoms with Crippen LogP contribution in [-0.4, -0.2) is 156 Å². The summed E-state index contributed by atoms with van der Waals surface area (Å²) in [6, 6.07) is 20.6. The highest BCUT2D eigenvalue weighted by Crippen LogP contribution is 2.61. The van der Waals surface area contributed by atoms with E-state index in [9.17, 15) is 19.8 Å². The Morgan fingerprint density at radius 2 is 1.70 bits per heavy atom. The van der Waals surface area contributed by atoms with E-state index in [2.05, 4.69) is 58.5 Å². The molecule has 17 heteroatoms. The van der Waals surface area contributed by atoms with Crippen LogP contribution in [0.25, 0.3) is 21.6 Å². The maximum atomic E-state index is 14.4. The van der Waals surface area contributed by atoms with E-state index in [1.807, 2.05) is 80.6 Å². The first-order chi connectivity index (χ1) is 33.2. The standard InChI is InChI=1S/C52H76N8O9/c1-34-44-29-40(52(44,3)4)30-45(34)56-51(64)48-47(35(2)62)46(33-61)69-60(48)31-37-15-12-16-43(49(37)65-8)38-26-39(28-42(27-38)58(5)6)50(63)55-41(25-36-13-10-9-11-14-36)32-59(7)18-20-67-22-24-68-23-21-66-19-17-54-57-53/h9-16,26-28,34-35,40-41,44-48,61-62H,17-25,29-33H2,1-8H3,(H,55,63)(H,56,64)/t34-,35-,40-,41+,44+,45?,46-,47+,48-/m0/s1. The van der Waals surface area contributed by atoms with Crippen LogP contribution in [0.15, 0.2) is 71.8 Å². The summed E-state index contributed by atoms with van der Waals surface area (Å²) in [6.07, 6.45) is 1.01. The third kappa shape index (κ3) is 13.7. The van der Waals surface area contributed by atoms with E-state index >= 15 is 0 Å². The van der Waals surface area contributed by atoms with Crippen molar-refractivity contribution in [1.82, 2.24) is 20.6 Å². The number of methoxy groups -OCH3 is 1. The zero-order valence-electron chi connectivity index (χ0n) is 41.9. The lowest BCUT2D eigenvalue weighted by Gasteiger charge is -2.62. The van der Waals surface area contributed by atoms with E-state index in [0.29, 0.717) is 94.8 Å². The third-order valence-corrected chi connectivity index (χ3v) is 14.6. The van der Waals surface area contributed by atoms with Gasteiger partial charge >= 0.3 is 0 Å². The van der Waals surface area contributed by atoms with Gasteiger partial charge in [0.05, 0.1) is 66.0 Å². The number of fused-ring (bicyclic) bond motifs is 2. The first kappa shape index (κ1) is 53.5. The number of carbonyl (C=O) groups excluding carboxylic acids is 2. The highest BCUT2D eigenvalue weighted by molar-refractivity contribution is 5.97. The van der Waals surface area contributed by atoms with Crippen LogP contribution in [0.4, 0.5) is 5.69 Å². The topological polar surface area (TPSA) is 203 Å². The number of anilines is 1. The Kier molecular flexibility index (Phi) is 19.7. The van der Waals surface area contributed by atoms with Crippen LogP contribution in [0.2, 0.25) is 0 Å². The lowest BCUT2D eigenvalue weighted by Crippen LogP contribution is -2.62. The van der Waals surface area contributed by atoms with Gasteiger partial charge in [-0.3, -0.25) is 14.4 Å². The molecule has 2 amide bonds. The summed E-state index contributed by atoms with van der Waals surface area (Å²) in [4.78, 5) is 42.0. The molecular formula is C52H76N8O9. The average Bonchev–Trinajstić information content (AvgIpc) is 3.71. The molecular weight excluding hydrogens is 881 g/mol. The average molecular weight is 957 g/mol. The number of nitrogens with zero attached hydrogens (tertiary/aromatic N) is 6. The Bertz CT molecular complexity index is 2170. The molecule has 17 nitrogen and oxygen atoms in total. The normalized spacial score (nSPS) is 23.7. The van der Waals surface area contributed by atoms with Crippen LogP contribution in [0.3, 0.4) is 0 Å². The molecule has 4 aliphatic rings. The number of hydrogen-bond donors (Lipinski definition) is 4. The van der Waals surface area contributed by atoms with E-state index in [-0.39, 0.29) is 42.5 Å². The lowest BCUT2D eigenvalue weighted by molar-refractivity contribution is -0.183. The summed E-state index contributed by atoms with van der Waals surface area (Å²) in [7, 11) is 7.49. The highest BCUT2D eigenvalue weighted by Gasteiger charge is 2.57. The first-order valence-electron chi connectivity index (χ1n) is 24.5. The summed E-state index contributed by atoms with van der Waals surface area (Å²) >= 11 is 0. The quantitative estimate of drug-likeness (QED) is 0.0314. The second-order valence-corrected chi connectivity index (χ2v) is 19.8. The summed E-state index contributed by atoms with van der Waals surface area (Å²) in [5, 5.41) is 33.3. The Hall–Kier alpha value is -4.81.